The molecular formula is C38H24F4N4. The van der Waals surface area contributed by atoms with Gasteiger partial charge in [-0.25, -0.2) is 4.39 Å². The molecule has 6 rings (SSSR count). The van der Waals surface area contributed by atoms with Crippen LogP contribution in [0.25, 0.3) is 59.8 Å². The average molecular weight is 613 g/mol. The van der Waals surface area contributed by atoms with Gasteiger partial charge in [0.05, 0.1) is 17.1 Å². The lowest BCUT2D eigenvalue weighted by molar-refractivity contribution is -0.125. The first kappa shape index (κ1) is 30.2. The largest absolute Gasteiger partial charge is 0.392 e. The van der Waals surface area contributed by atoms with Crippen LogP contribution in [0, 0.1) is 22.9 Å². The summed E-state index contributed by atoms with van der Waals surface area (Å²) in [6.45, 7) is 5.18. The summed E-state index contributed by atoms with van der Waals surface area (Å²) in [6, 6.07) is 22.5. The van der Waals surface area contributed by atoms with E-state index >= 15 is 0 Å². The zero-order valence-electron chi connectivity index (χ0n) is 24.5. The highest BCUT2D eigenvalue weighted by Gasteiger charge is 2.24. The van der Waals surface area contributed by atoms with Crippen molar-refractivity contribution in [1.82, 2.24) is 0 Å². The summed E-state index contributed by atoms with van der Waals surface area (Å²) in [5, 5.41) is 26.4. The highest BCUT2D eigenvalue weighted by molar-refractivity contribution is 6.21. The molecule has 0 spiro atoms. The van der Waals surface area contributed by atoms with Crippen LogP contribution in [-0.4, -0.2) is 6.18 Å². The number of alkyl halides is 4. The number of nitriles is 2. The van der Waals surface area contributed by atoms with E-state index < -0.39 is 18.8 Å². The molecule has 1 unspecified atom stereocenters. The summed E-state index contributed by atoms with van der Waals surface area (Å²) in [5.74, 6) is 0. The van der Waals surface area contributed by atoms with Crippen molar-refractivity contribution in [2.24, 2.45) is 9.98 Å². The van der Waals surface area contributed by atoms with Crippen molar-refractivity contribution >= 4 is 48.7 Å². The maximum absolute atomic E-state index is 13.8. The second kappa shape index (κ2) is 11.9. The highest BCUT2D eigenvalue weighted by atomic mass is 19.4. The van der Waals surface area contributed by atoms with Gasteiger partial charge >= 0.3 is 6.18 Å². The molecule has 46 heavy (non-hydrogen) atoms. The number of allylic oxidation sites excluding steroid dienone is 5. The quantitative estimate of drug-likeness (QED) is 0.107. The Labute approximate surface area is 261 Å². The van der Waals surface area contributed by atoms with Crippen LogP contribution in [0.4, 0.5) is 17.6 Å². The average Bonchev–Trinajstić information content (AvgIpc) is 3.50. The van der Waals surface area contributed by atoms with Crippen LogP contribution in [0.1, 0.15) is 30.6 Å². The molecule has 0 heterocycles. The van der Waals surface area contributed by atoms with E-state index in [1.807, 2.05) is 67.0 Å². The number of benzene rings is 4. The first-order valence-corrected chi connectivity index (χ1v) is 14.4. The molecule has 0 amide bonds. The van der Waals surface area contributed by atoms with Crippen molar-refractivity contribution in [2.45, 2.75) is 25.7 Å². The lowest BCUT2D eigenvalue weighted by Gasteiger charge is -2.06. The molecule has 0 aliphatic heterocycles. The van der Waals surface area contributed by atoms with E-state index in [1.165, 1.54) is 19.1 Å². The van der Waals surface area contributed by atoms with Gasteiger partial charge in [-0.1, -0.05) is 79.4 Å². The number of fused-ring (bicyclic) bond motifs is 6. The topological polar surface area (TPSA) is 72.3 Å². The predicted octanol–water partition coefficient (Wildman–Crippen LogP) is 9.71. The van der Waals surface area contributed by atoms with Gasteiger partial charge in [-0.3, -0.25) is 0 Å². The maximum Gasteiger partial charge on any atom is 0.392 e. The number of rotatable bonds is 6. The van der Waals surface area contributed by atoms with Crippen molar-refractivity contribution in [1.29, 1.82) is 10.5 Å². The lowest BCUT2D eigenvalue weighted by Crippen LogP contribution is -2.04. The Hall–Kier alpha value is -5.86. The molecule has 0 aliphatic carbocycles. The van der Waals surface area contributed by atoms with Crippen LogP contribution in [-0.2, 0) is 0 Å². The van der Waals surface area contributed by atoms with Crippen LogP contribution >= 0.6 is 0 Å². The van der Waals surface area contributed by atoms with Crippen molar-refractivity contribution in [3.63, 3.8) is 0 Å². The third-order valence-corrected chi connectivity index (χ3v) is 8.10. The molecule has 1 atom stereocenters. The van der Waals surface area contributed by atoms with Crippen LogP contribution in [0.5, 0.6) is 0 Å². The molecule has 0 bridgehead atoms. The van der Waals surface area contributed by atoms with E-state index in [0.717, 1.165) is 54.9 Å². The third-order valence-electron chi connectivity index (χ3n) is 8.10. The molecule has 6 aromatic rings. The Balaban J connectivity index is 1.58. The van der Waals surface area contributed by atoms with Gasteiger partial charge in [-0.05, 0) is 80.6 Å². The summed E-state index contributed by atoms with van der Waals surface area (Å²) < 4.78 is 52.1. The minimum absolute atomic E-state index is 0.445. The fraction of sp³-hybridized carbons (Fsp3) is 0.105. The fourth-order valence-corrected chi connectivity index (χ4v) is 6.01. The second-order valence-electron chi connectivity index (χ2n) is 10.9. The van der Waals surface area contributed by atoms with Crippen molar-refractivity contribution in [3.8, 4) is 23.5 Å². The molecule has 0 N–H and O–H groups in total. The summed E-state index contributed by atoms with van der Waals surface area (Å²) in [6.07, 6.45) is 2.96. The van der Waals surface area contributed by atoms with E-state index in [-0.39, 0.29) is 0 Å². The predicted molar refractivity (Wildman–Crippen MR) is 174 cm³/mol. The zero-order valence-corrected chi connectivity index (χ0v) is 24.5. The molecule has 8 heteroatoms. The Morgan fingerprint density at radius 2 is 1.30 bits per heavy atom. The molecule has 224 valence electrons. The number of halogens is 4. The molecule has 0 saturated carbocycles. The molecule has 6 aromatic carbocycles. The number of hydrogen-bond donors (Lipinski definition) is 0. The first-order valence-electron chi connectivity index (χ1n) is 14.4. The summed E-state index contributed by atoms with van der Waals surface area (Å²) in [5.41, 5.74) is 3.54. The van der Waals surface area contributed by atoms with Crippen molar-refractivity contribution in [3.05, 3.63) is 126 Å². The molecule has 0 radical (unpaired) electrons. The summed E-state index contributed by atoms with van der Waals surface area (Å²) in [7, 11) is 0. The Kier molecular flexibility index (Phi) is 7.81. The second-order valence-corrected chi connectivity index (χ2v) is 10.9. The zero-order chi connectivity index (χ0) is 32.6. The van der Waals surface area contributed by atoms with E-state index in [9.17, 15) is 28.1 Å². The molecule has 0 saturated heterocycles. The molecule has 4 nitrogen and oxygen atoms in total. The van der Waals surface area contributed by atoms with Gasteiger partial charge in [0.25, 0.3) is 0 Å². The van der Waals surface area contributed by atoms with Gasteiger partial charge < -0.3 is 0 Å². The highest BCUT2D eigenvalue weighted by Crippen LogP contribution is 2.35. The van der Waals surface area contributed by atoms with Crippen molar-refractivity contribution in [2.75, 3.05) is 0 Å². The van der Waals surface area contributed by atoms with E-state index in [2.05, 4.69) is 16.6 Å². The molecule has 0 fully saturated rings. The van der Waals surface area contributed by atoms with Crippen LogP contribution in [0.2, 0.25) is 0 Å². The first-order chi connectivity index (χ1) is 22.1. The third kappa shape index (κ3) is 5.46. The van der Waals surface area contributed by atoms with Gasteiger partial charge in [0.15, 0.2) is 0 Å². The molecule has 0 aromatic heterocycles. The summed E-state index contributed by atoms with van der Waals surface area (Å²) >= 11 is 0. The van der Waals surface area contributed by atoms with Crippen LogP contribution in [0.3, 0.4) is 0 Å². The Bertz CT molecular complexity index is 2440. The Morgan fingerprint density at radius 1 is 0.761 bits per heavy atom. The van der Waals surface area contributed by atoms with E-state index in [4.69, 9.17) is 0 Å². The monoisotopic (exact) mass is 612 g/mol. The minimum atomic E-state index is -4.32. The van der Waals surface area contributed by atoms with E-state index in [1.54, 1.807) is 24.3 Å². The SMILES string of the molecule is C=C/C=C(\C=C/CC(F)(F)F)c1ccc2c(c1)/c(=N\C#N)c1cc3c(cc12)/c(=N/C#N)c1cc(-c2ccc(C(C)F)cc2)ccc13. The van der Waals surface area contributed by atoms with Gasteiger partial charge in [0.1, 0.15) is 6.17 Å². The summed E-state index contributed by atoms with van der Waals surface area (Å²) in [4.78, 5) is 8.37. The molecule has 0 aliphatic rings. The lowest BCUT2D eigenvalue weighted by atomic mass is 10.0. The van der Waals surface area contributed by atoms with Crippen molar-refractivity contribution < 1.29 is 17.6 Å². The van der Waals surface area contributed by atoms with Crippen LogP contribution in [0.15, 0.2) is 114 Å². The molecular weight excluding hydrogens is 588 g/mol. The Morgan fingerprint density at radius 3 is 1.85 bits per heavy atom. The van der Waals surface area contributed by atoms with Gasteiger partial charge in [-0.15, -0.1) is 0 Å². The van der Waals surface area contributed by atoms with E-state index in [0.29, 0.717) is 32.8 Å². The number of hydrogen-bond acceptors (Lipinski definition) is 4. The van der Waals surface area contributed by atoms with Gasteiger partial charge in [-0.2, -0.15) is 33.7 Å². The number of nitrogens with zero attached hydrogens (tertiary/aromatic N) is 4. The van der Waals surface area contributed by atoms with Gasteiger partial charge in [0.2, 0.25) is 12.4 Å². The fourth-order valence-electron chi connectivity index (χ4n) is 6.01. The van der Waals surface area contributed by atoms with Crippen LogP contribution < -0.4 is 10.7 Å². The standard InChI is InChI=1S/C38H24F4N4/c1-3-5-24(6-4-15-38(40,41)42)26-11-13-28-30-18-35-31(19-34(30)36(45-20-43)32(28)16-26)29-14-12-27(17-33(29)37(35)46-21-44)25-9-7-23(8-10-25)22(2)39/h3-14,16-19,22H,1,15H2,2H3/b6-4-,24-5+,45-36+,46-37+. The maximum atomic E-state index is 13.8. The van der Waals surface area contributed by atoms with Gasteiger partial charge in [0, 0.05) is 21.5 Å². The normalized spacial score (nSPS) is 14.1. The minimum Gasteiger partial charge on any atom is -0.243 e. The smallest absolute Gasteiger partial charge is 0.243 e.